The van der Waals surface area contributed by atoms with Crippen molar-refractivity contribution in [2.75, 3.05) is 19.8 Å². The van der Waals surface area contributed by atoms with Gasteiger partial charge in [0.05, 0.1) is 37.9 Å². The van der Waals surface area contributed by atoms with Crippen molar-refractivity contribution in [1.82, 2.24) is 5.32 Å². The van der Waals surface area contributed by atoms with E-state index < -0.39 is 38.6 Å². The zero-order chi connectivity index (χ0) is 40.5. The molecular formula is C45H87N2O7P. The van der Waals surface area contributed by atoms with Gasteiger partial charge in [-0.3, -0.25) is 13.8 Å². The van der Waals surface area contributed by atoms with E-state index in [-0.39, 0.29) is 19.6 Å². The number of carbonyl (C=O) groups is 1. The van der Waals surface area contributed by atoms with Crippen LogP contribution in [0.4, 0.5) is 0 Å². The van der Waals surface area contributed by atoms with Gasteiger partial charge in [-0.2, -0.15) is 0 Å². The van der Waals surface area contributed by atoms with Gasteiger partial charge >= 0.3 is 7.82 Å². The number of hydrogen-bond acceptors (Lipinski definition) is 7. The molecule has 0 heterocycles. The zero-order valence-electron chi connectivity index (χ0n) is 35.5. The number of unbranched alkanes of at least 4 members (excludes halogenated alkanes) is 24. The van der Waals surface area contributed by atoms with E-state index in [1.165, 1.54) is 128 Å². The fraction of sp³-hybridized carbons (Fsp3) is 0.844. The van der Waals surface area contributed by atoms with E-state index in [1.54, 1.807) is 6.08 Å². The molecule has 0 bridgehead atoms. The second kappa shape index (κ2) is 40.9. The maximum Gasteiger partial charge on any atom is 0.472 e. The molecule has 0 aromatic rings. The van der Waals surface area contributed by atoms with Crippen LogP contribution in [0.25, 0.3) is 0 Å². The highest BCUT2D eigenvalue weighted by atomic mass is 31.2. The number of amides is 1. The number of carbonyl (C=O) groups excluding carboxylic acids is 1. The summed E-state index contributed by atoms with van der Waals surface area (Å²) in [5.74, 6) is -0.458. The molecule has 0 aliphatic carbocycles. The van der Waals surface area contributed by atoms with Gasteiger partial charge in [-0.15, -0.1) is 0 Å². The van der Waals surface area contributed by atoms with Crippen molar-refractivity contribution in [2.45, 2.75) is 225 Å². The van der Waals surface area contributed by atoms with Crippen LogP contribution >= 0.6 is 7.82 Å². The molecule has 0 spiro atoms. The number of hydrogen-bond donors (Lipinski definition) is 5. The molecule has 0 aromatic heterocycles. The number of rotatable bonds is 42. The SMILES string of the molecule is CCCCCCCCC/C=C/CC/C=C/CC/C=C/C(O)C(COP(=O)(O)OCCN)NC(=O)CC(O)CCCCCCCCCCCCCCCCCC. The normalized spacial score (nSPS) is 14.9. The van der Waals surface area contributed by atoms with Crippen molar-refractivity contribution in [1.29, 1.82) is 0 Å². The molecule has 0 fully saturated rings. The minimum Gasteiger partial charge on any atom is -0.393 e. The lowest BCUT2D eigenvalue weighted by atomic mass is 10.0. The Morgan fingerprint density at radius 3 is 1.51 bits per heavy atom. The molecule has 55 heavy (non-hydrogen) atoms. The highest BCUT2D eigenvalue weighted by Crippen LogP contribution is 2.43. The molecule has 0 saturated heterocycles. The summed E-state index contributed by atoms with van der Waals surface area (Å²) in [4.78, 5) is 22.8. The van der Waals surface area contributed by atoms with Crippen molar-refractivity contribution < 1.29 is 33.5 Å². The topological polar surface area (TPSA) is 151 Å². The molecule has 0 aliphatic heterocycles. The van der Waals surface area contributed by atoms with Gasteiger partial charge in [0.25, 0.3) is 0 Å². The molecular weight excluding hydrogens is 711 g/mol. The van der Waals surface area contributed by atoms with Crippen LogP contribution in [0.3, 0.4) is 0 Å². The summed E-state index contributed by atoms with van der Waals surface area (Å²) in [5, 5.41) is 24.0. The lowest BCUT2D eigenvalue weighted by molar-refractivity contribution is -0.124. The lowest BCUT2D eigenvalue weighted by Gasteiger charge is -2.24. The Hall–Kier alpha value is -1.32. The van der Waals surface area contributed by atoms with Crippen LogP contribution in [0.1, 0.15) is 206 Å². The van der Waals surface area contributed by atoms with E-state index in [9.17, 15) is 24.5 Å². The Morgan fingerprint density at radius 2 is 1.04 bits per heavy atom. The van der Waals surface area contributed by atoms with E-state index in [4.69, 9.17) is 14.8 Å². The molecule has 0 aliphatic rings. The summed E-state index contributed by atoms with van der Waals surface area (Å²) >= 11 is 0. The fourth-order valence-corrected chi connectivity index (χ4v) is 7.32. The number of aliphatic hydroxyl groups excluding tert-OH is 2. The Morgan fingerprint density at radius 1 is 0.618 bits per heavy atom. The second-order valence-corrected chi connectivity index (χ2v) is 16.9. The Kier molecular flexibility index (Phi) is 39.9. The number of phosphoric ester groups is 1. The van der Waals surface area contributed by atoms with Gasteiger partial charge in [0.15, 0.2) is 0 Å². The number of nitrogens with two attached hydrogens (primary N) is 1. The van der Waals surface area contributed by atoms with E-state index >= 15 is 0 Å². The van der Waals surface area contributed by atoms with Crippen molar-refractivity contribution in [2.24, 2.45) is 5.73 Å². The van der Waals surface area contributed by atoms with Gasteiger partial charge in [0.2, 0.25) is 5.91 Å². The van der Waals surface area contributed by atoms with Crippen molar-refractivity contribution in [3.05, 3.63) is 36.5 Å². The quantitative estimate of drug-likeness (QED) is 0.0233. The molecule has 4 atom stereocenters. The number of aliphatic hydroxyl groups is 2. The first-order valence-corrected chi connectivity index (χ1v) is 24.2. The highest BCUT2D eigenvalue weighted by molar-refractivity contribution is 7.47. The summed E-state index contributed by atoms with van der Waals surface area (Å²) in [7, 11) is -4.41. The highest BCUT2D eigenvalue weighted by Gasteiger charge is 2.27. The third kappa shape index (κ3) is 39.3. The average molecular weight is 799 g/mol. The van der Waals surface area contributed by atoms with Crippen molar-refractivity contribution in [3.8, 4) is 0 Å². The van der Waals surface area contributed by atoms with Gasteiger partial charge < -0.3 is 26.2 Å². The predicted octanol–water partition coefficient (Wildman–Crippen LogP) is 11.7. The first kappa shape index (κ1) is 53.7. The van der Waals surface area contributed by atoms with Crippen LogP contribution in [-0.2, 0) is 18.4 Å². The number of nitrogens with one attached hydrogen (secondary N) is 1. The number of phosphoric acid groups is 1. The molecule has 0 aromatic carbocycles. The predicted molar refractivity (Wildman–Crippen MR) is 232 cm³/mol. The van der Waals surface area contributed by atoms with Crippen LogP contribution in [0, 0.1) is 0 Å². The van der Waals surface area contributed by atoms with Crippen molar-refractivity contribution in [3.63, 3.8) is 0 Å². The summed E-state index contributed by atoms with van der Waals surface area (Å²) in [6, 6.07) is -1.00. The Labute approximate surface area is 338 Å². The average Bonchev–Trinajstić information content (AvgIpc) is 3.16. The van der Waals surface area contributed by atoms with E-state index in [2.05, 4.69) is 43.5 Å². The van der Waals surface area contributed by atoms with Crippen molar-refractivity contribution >= 4 is 13.7 Å². The third-order valence-electron chi connectivity index (χ3n) is 10.0. The first-order valence-electron chi connectivity index (χ1n) is 22.7. The molecule has 324 valence electrons. The lowest BCUT2D eigenvalue weighted by Crippen LogP contribution is -2.46. The van der Waals surface area contributed by atoms with Gasteiger partial charge in [-0.05, 0) is 44.9 Å². The monoisotopic (exact) mass is 799 g/mol. The van der Waals surface area contributed by atoms with Crippen LogP contribution in [0.15, 0.2) is 36.5 Å². The van der Waals surface area contributed by atoms with Crippen LogP contribution in [0.2, 0.25) is 0 Å². The maximum absolute atomic E-state index is 12.8. The number of allylic oxidation sites excluding steroid dienone is 5. The Balaban J connectivity index is 4.36. The van der Waals surface area contributed by atoms with Crippen LogP contribution in [-0.4, -0.2) is 59.0 Å². The molecule has 4 unspecified atom stereocenters. The zero-order valence-corrected chi connectivity index (χ0v) is 36.4. The molecule has 0 radical (unpaired) electrons. The fourth-order valence-electron chi connectivity index (χ4n) is 6.56. The van der Waals surface area contributed by atoms with Gasteiger partial charge in [0, 0.05) is 6.54 Å². The van der Waals surface area contributed by atoms with Gasteiger partial charge in [-0.1, -0.05) is 192 Å². The smallest absolute Gasteiger partial charge is 0.393 e. The molecule has 1 amide bonds. The first-order chi connectivity index (χ1) is 26.8. The summed E-state index contributed by atoms with van der Waals surface area (Å²) < 4.78 is 22.1. The van der Waals surface area contributed by atoms with E-state index in [1.807, 2.05) is 6.08 Å². The summed E-state index contributed by atoms with van der Waals surface area (Å²) in [6.45, 7) is 3.95. The molecule has 6 N–H and O–H groups in total. The largest absolute Gasteiger partial charge is 0.472 e. The van der Waals surface area contributed by atoms with Gasteiger partial charge in [-0.25, -0.2) is 4.57 Å². The van der Waals surface area contributed by atoms with Crippen LogP contribution < -0.4 is 11.1 Å². The van der Waals surface area contributed by atoms with E-state index in [0.717, 1.165) is 44.9 Å². The minimum atomic E-state index is -4.41. The summed E-state index contributed by atoms with van der Waals surface area (Å²) in [5.41, 5.74) is 5.36. The maximum atomic E-state index is 12.8. The molecule has 10 heteroatoms. The summed E-state index contributed by atoms with van der Waals surface area (Å²) in [6.07, 6.45) is 45.2. The molecule has 0 rings (SSSR count). The van der Waals surface area contributed by atoms with Gasteiger partial charge in [0.1, 0.15) is 0 Å². The Bertz CT molecular complexity index is 977. The second-order valence-electron chi connectivity index (χ2n) is 15.4. The minimum absolute atomic E-state index is 0.0428. The molecule has 0 saturated carbocycles. The van der Waals surface area contributed by atoms with Crippen LogP contribution in [0.5, 0.6) is 0 Å². The standard InChI is InChI=1S/C45H87N2O7P/c1-3-5-7-9-11-13-15-17-19-21-23-25-27-29-31-33-35-37-44(49)43(41-54-55(51,52)53-39-38-46)47-45(50)40-42(48)36-34-32-30-28-26-24-22-20-18-16-14-12-10-8-6-4-2/h19,21,27,29,35,37,42-44,48-49H,3-18,20,22-26,28,30-34,36,38-41,46H2,1-2H3,(H,47,50)(H,51,52)/b21-19+,29-27+,37-35+. The van der Waals surface area contributed by atoms with E-state index in [0.29, 0.717) is 12.8 Å². The molecule has 9 nitrogen and oxygen atoms in total. The third-order valence-corrected chi connectivity index (χ3v) is 11.0.